The first-order valence-electron chi connectivity index (χ1n) is 5.24. The number of alkyl halides is 1. The van der Waals surface area contributed by atoms with Crippen molar-refractivity contribution in [1.29, 1.82) is 0 Å². The van der Waals surface area contributed by atoms with Crippen LogP contribution in [0.5, 0.6) is 5.75 Å². The predicted octanol–water partition coefficient (Wildman–Crippen LogP) is 4.18. The van der Waals surface area contributed by atoms with E-state index in [0.717, 1.165) is 0 Å². The van der Waals surface area contributed by atoms with E-state index in [-0.39, 0.29) is 11.6 Å². The predicted molar refractivity (Wildman–Crippen MR) is 71.1 cm³/mol. The van der Waals surface area contributed by atoms with Crippen LogP contribution in [0.3, 0.4) is 0 Å². The normalized spacial score (nSPS) is 12.2. The third-order valence-corrected chi connectivity index (χ3v) is 3.27. The maximum Gasteiger partial charge on any atom is 0.433 e. The fraction of sp³-hybridized carbons (Fsp3) is 0.167. The lowest BCUT2D eigenvalue weighted by Gasteiger charge is -2.09. The monoisotopic (exact) mass is 301 g/mol. The quantitative estimate of drug-likeness (QED) is 0.483. The molecular formula is C12H9Cl2NO4. The Bertz CT molecular complexity index is 612. The Labute approximate surface area is 118 Å². The molecule has 0 aliphatic rings. The summed E-state index contributed by atoms with van der Waals surface area (Å²) >= 11 is 12.2. The van der Waals surface area contributed by atoms with Gasteiger partial charge in [0.2, 0.25) is 0 Å². The van der Waals surface area contributed by atoms with Crippen LogP contribution in [0.1, 0.15) is 16.7 Å². The van der Waals surface area contributed by atoms with E-state index in [2.05, 4.69) is 0 Å². The highest BCUT2D eigenvalue weighted by molar-refractivity contribution is 6.32. The number of nitrogens with zero attached hydrogens (tertiary/aromatic N) is 1. The molecule has 0 radical (unpaired) electrons. The average Bonchev–Trinajstić information content (AvgIpc) is 2.87. The van der Waals surface area contributed by atoms with Crippen LogP contribution in [0.4, 0.5) is 5.88 Å². The molecule has 1 unspecified atom stereocenters. The topological polar surface area (TPSA) is 65.5 Å². The second-order valence-corrected chi connectivity index (χ2v) is 4.53. The molecule has 1 heterocycles. The zero-order valence-corrected chi connectivity index (χ0v) is 11.3. The summed E-state index contributed by atoms with van der Waals surface area (Å²) in [6, 6.07) is 7.75. The highest BCUT2D eigenvalue weighted by atomic mass is 35.5. The maximum atomic E-state index is 10.5. The van der Waals surface area contributed by atoms with E-state index in [4.69, 9.17) is 32.4 Å². The first-order chi connectivity index (χ1) is 9.02. The Hall–Kier alpha value is -1.72. The van der Waals surface area contributed by atoms with E-state index in [0.29, 0.717) is 16.3 Å². The van der Waals surface area contributed by atoms with E-state index < -0.39 is 10.3 Å². The molecule has 0 N–H and O–H groups in total. The molecule has 1 atom stereocenters. The van der Waals surface area contributed by atoms with Crippen molar-refractivity contribution in [3.8, 4) is 5.75 Å². The summed E-state index contributed by atoms with van der Waals surface area (Å²) in [5, 5.41) is 10.3. The lowest BCUT2D eigenvalue weighted by Crippen LogP contribution is -1.93. The van der Waals surface area contributed by atoms with E-state index in [1.165, 1.54) is 19.2 Å². The average molecular weight is 302 g/mol. The molecule has 0 aliphatic carbocycles. The number of benzene rings is 1. The molecule has 0 bridgehead atoms. The van der Waals surface area contributed by atoms with Crippen LogP contribution in [0.2, 0.25) is 5.02 Å². The number of furan rings is 1. The first-order valence-corrected chi connectivity index (χ1v) is 6.06. The van der Waals surface area contributed by atoms with Crippen molar-refractivity contribution < 1.29 is 14.1 Å². The number of rotatable bonds is 4. The van der Waals surface area contributed by atoms with Gasteiger partial charge in [0, 0.05) is 0 Å². The molecule has 0 saturated heterocycles. The van der Waals surface area contributed by atoms with Crippen molar-refractivity contribution in [2.45, 2.75) is 5.38 Å². The third kappa shape index (κ3) is 2.83. The zero-order chi connectivity index (χ0) is 14.0. The van der Waals surface area contributed by atoms with Gasteiger partial charge in [-0.3, -0.25) is 10.1 Å². The fourth-order valence-electron chi connectivity index (χ4n) is 1.58. The fourth-order valence-corrected chi connectivity index (χ4v) is 2.10. The minimum atomic E-state index is -0.655. The molecule has 0 aliphatic heterocycles. The summed E-state index contributed by atoms with van der Waals surface area (Å²) in [5.74, 6) is 0.467. The molecule has 0 saturated carbocycles. The molecule has 2 rings (SSSR count). The molecule has 5 nitrogen and oxygen atoms in total. The number of ether oxygens (including phenoxy) is 1. The summed E-state index contributed by atoms with van der Waals surface area (Å²) in [6.07, 6.45) is 0. The minimum Gasteiger partial charge on any atom is -0.495 e. The summed E-state index contributed by atoms with van der Waals surface area (Å²) in [5.41, 5.74) is 0.664. The maximum absolute atomic E-state index is 10.5. The Morgan fingerprint density at radius 2 is 2.11 bits per heavy atom. The number of halogens is 2. The van der Waals surface area contributed by atoms with Crippen LogP contribution < -0.4 is 4.74 Å². The largest absolute Gasteiger partial charge is 0.495 e. The lowest BCUT2D eigenvalue weighted by atomic mass is 10.1. The van der Waals surface area contributed by atoms with Gasteiger partial charge in [-0.2, -0.15) is 0 Å². The van der Waals surface area contributed by atoms with Gasteiger partial charge < -0.3 is 9.15 Å². The molecule has 2 aromatic rings. The molecule has 1 aromatic heterocycles. The molecule has 100 valence electrons. The number of hydrogen-bond acceptors (Lipinski definition) is 4. The van der Waals surface area contributed by atoms with Gasteiger partial charge in [0.15, 0.2) is 0 Å². The van der Waals surface area contributed by atoms with Gasteiger partial charge in [0.05, 0.1) is 18.2 Å². The Balaban J connectivity index is 2.30. The van der Waals surface area contributed by atoms with Crippen LogP contribution in [0.15, 0.2) is 34.7 Å². The summed E-state index contributed by atoms with van der Waals surface area (Å²) in [6.45, 7) is 0. The molecular weight excluding hydrogens is 293 g/mol. The lowest BCUT2D eigenvalue weighted by molar-refractivity contribution is -0.402. The number of nitro groups is 1. The van der Waals surface area contributed by atoms with Gasteiger partial charge in [-0.15, -0.1) is 11.6 Å². The van der Waals surface area contributed by atoms with Crippen molar-refractivity contribution in [2.75, 3.05) is 7.11 Å². The van der Waals surface area contributed by atoms with E-state index in [1.54, 1.807) is 18.2 Å². The van der Waals surface area contributed by atoms with E-state index in [9.17, 15) is 10.1 Å². The van der Waals surface area contributed by atoms with Crippen LogP contribution in [-0.4, -0.2) is 12.0 Å². The van der Waals surface area contributed by atoms with E-state index >= 15 is 0 Å². The Morgan fingerprint density at radius 1 is 1.37 bits per heavy atom. The highest BCUT2D eigenvalue weighted by Gasteiger charge is 2.20. The molecule has 0 amide bonds. The standard InChI is InChI=1S/C12H9Cl2NO4/c1-18-9-3-2-7(6-8(9)13)12(14)10-4-5-11(19-10)15(16)17/h2-6,12H,1H3. The summed E-state index contributed by atoms with van der Waals surface area (Å²) in [4.78, 5) is 9.93. The van der Waals surface area contributed by atoms with Gasteiger partial charge in [-0.25, -0.2) is 0 Å². The molecule has 0 spiro atoms. The van der Waals surface area contributed by atoms with Crippen molar-refractivity contribution in [3.63, 3.8) is 0 Å². The zero-order valence-electron chi connectivity index (χ0n) is 9.80. The van der Waals surface area contributed by atoms with E-state index in [1.807, 2.05) is 0 Å². The van der Waals surface area contributed by atoms with Gasteiger partial charge in [0.1, 0.15) is 21.8 Å². The van der Waals surface area contributed by atoms with Crippen LogP contribution in [0.25, 0.3) is 0 Å². The molecule has 19 heavy (non-hydrogen) atoms. The van der Waals surface area contributed by atoms with Crippen LogP contribution in [0, 0.1) is 10.1 Å². The van der Waals surface area contributed by atoms with Gasteiger partial charge in [-0.1, -0.05) is 17.7 Å². The highest BCUT2D eigenvalue weighted by Crippen LogP contribution is 2.35. The second kappa shape index (κ2) is 5.50. The SMILES string of the molecule is COc1ccc(C(Cl)c2ccc([N+](=O)[O-])o2)cc1Cl. The van der Waals surface area contributed by atoms with Crippen molar-refractivity contribution in [1.82, 2.24) is 0 Å². The number of methoxy groups -OCH3 is 1. The first kappa shape index (κ1) is 13.7. The Morgan fingerprint density at radius 3 is 2.63 bits per heavy atom. The van der Waals surface area contributed by atoms with Gasteiger partial charge >= 0.3 is 5.88 Å². The summed E-state index contributed by atoms with van der Waals surface area (Å²) < 4.78 is 10.1. The van der Waals surface area contributed by atoms with Crippen LogP contribution >= 0.6 is 23.2 Å². The third-order valence-electron chi connectivity index (χ3n) is 2.51. The molecule has 0 fully saturated rings. The van der Waals surface area contributed by atoms with Crippen molar-refractivity contribution >= 4 is 29.1 Å². The minimum absolute atomic E-state index is 0.287. The second-order valence-electron chi connectivity index (χ2n) is 3.69. The Kier molecular flexibility index (Phi) is 3.97. The van der Waals surface area contributed by atoms with Crippen molar-refractivity contribution in [3.05, 3.63) is 56.8 Å². The smallest absolute Gasteiger partial charge is 0.433 e. The van der Waals surface area contributed by atoms with Gasteiger partial charge in [0.25, 0.3) is 0 Å². The molecule has 1 aromatic carbocycles. The molecule has 7 heteroatoms. The van der Waals surface area contributed by atoms with Crippen LogP contribution in [-0.2, 0) is 0 Å². The summed E-state index contributed by atoms with van der Waals surface area (Å²) in [7, 11) is 1.51. The van der Waals surface area contributed by atoms with Crippen molar-refractivity contribution in [2.24, 2.45) is 0 Å². The van der Waals surface area contributed by atoms with Gasteiger partial charge in [-0.05, 0) is 23.8 Å². The number of hydrogen-bond donors (Lipinski definition) is 0.